The Hall–Kier alpha value is -2.86. The van der Waals surface area contributed by atoms with Crippen LogP contribution >= 0.6 is 0 Å². The number of benzene rings is 5. The number of hydrogen-bond acceptors (Lipinski definition) is 0. The van der Waals surface area contributed by atoms with Gasteiger partial charge in [-0.1, -0.05) is 66.7 Å². The van der Waals surface area contributed by atoms with Crippen LogP contribution in [0, 0.1) is 0 Å². The first-order valence-corrected chi connectivity index (χ1v) is 8.18. The van der Waals surface area contributed by atoms with Crippen LogP contribution in [-0.4, -0.2) is 0 Å². The summed E-state index contributed by atoms with van der Waals surface area (Å²) in [7, 11) is 0. The van der Waals surface area contributed by atoms with Gasteiger partial charge in [0.15, 0.2) is 0 Å². The fraction of sp³-hybridized carbons (Fsp3) is 0.0435. The third kappa shape index (κ3) is 1.37. The summed E-state index contributed by atoms with van der Waals surface area (Å²) >= 11 is 0. The first-order valence-electron chi connectivity index (χ1n) is 8.18. The predicted octanol–water partition coefficient (Wildman–Crippen LogP) is 6.20. The summed E-state index contributed by atoms with van der Waals surface area (Å²) in [5, 5.41) is 11.2. The first-order chi connectivity index (χ1) is 11.4. The van der Waals surface area contributed by atoms with Crippen molar-refractivity contribution in [3.8, 4) is 0 Å². The van der Waals surface area contributed by atoms with Crippen molar-refractivity contribution in [3.05, 3.63) is 83.9 Å². The van der Waals surface area contributed by atoms with E-state index in [0.717, 1.165) is 6.42 Å². The van der Waals surface area contributed by atoms with E-state index in [1.54, 1.807) is 0 Å². The summed E-state index contributed by atoms with van der Waals surface area (Å²) in [6, 6.07) is 26.9. The van der Waals surface area contributed by atoms with Crippen molar-refractivity contribution in [2.75, 3.05) is 0 Å². The molecule has 0 saturated carbocycles. The summed E-state index contributed by atoms with van der Waals surface area (Å²) in [6.07, 6.45) is 1.05. The quantitative estimate of drug-likeness (QED) is 0.231. The summed E-state index contributed by atoms with van der Waals surface area (Å²) < 4.78 is 0. The summed E-state index contributed by atoms with van der Waals surface area (Å²) in [5.74, 6) is 0. The Bertz CT molecular complexity index is 1270. The normalized spacial score (nSPS) is 13.0. The van der Waals surface area contributed by atoms with Gasteiger partial charge in [0.2, 0.25) is 0 Å². The fourth-order valence-corrected chi connectivity index (χ4v) is 4.46. The van der Waals surface area contributed by atoms with Crippen molar-refractivity contribution in [1.82, 2.24) is 0 Å². The van der Waals surface area contributed by atoms with Gasteiger partial charge in [0, 0.05) is 0 Å². The largest absolute Gasteiger partial charge is 0.0616 e. The van der Waals surface area contributed by atoms with Crippen LogP contribution in [0.2, 0.25) is 0 Å². The highest BCUT2D eigenvalue weighted by atomic mass is 14.2. The lowest BCUT2D eigenvalue weighted by molar-refractivity contribution is 1.30. The van der Waals surface area contributed by atoms with E-state index in [1.807, 2.05) is 0 Å². The van der Waals surface area contributed by atoms with Crippen molar-refractivity contribution in [2.45, 2.75) is 6.42 Å². The Morgan fingerprint density at radius 2 is 1.26 bits per heavy atom. The molecule has 0 heteroatoms. The Morgan fingerprint density at radius 1 is 0.522 bits per heavy atom. The van der Waals surface area contributed by atoms with Gasteiger partial charge in [-0.3, -0.25) is 0 Å². The molecule has 5 aromatic carbocycles. The minimum Gasteiger partial charge on any atom is -0.0616 e. The van der Waals surface area contributed by atoms with Gasteiger partial charge < -0.3 is 0 Å². The van der Waals surface area contributed by atoms with Gasteiger partial charge in [-0.15, -0.1) is 0 Å². The van der Waals surface area contributed by atoms with Crippen LogP contribution in [0.4, 0.5) is 0 Å². The second-order valence-electron chi connectivity index (χ2n) is 6.60. The molecule has 23 heavy (non-hydrogen) atoms. The molecule has 1 aliphatic rings. The van der Waals surface area contributed by atoms with Crippen LogP contribution in [0.1, 0.15) is 11.1 Å². The molecular formula is C23H14. The van der Waals surface area contributed by atoms with Crippen LogP contribution in [0.3, 0.4) is 0 Å². The van der Waals surface area contributed by atoms with Gasteiger partial charge in [0.05, 0.1) is 0 Å². The molecule has 0 nitrogen and oxygen atoms in total. The lowest BCUT2D eigenvalue weighted by Gasteiger charge is -2.08. The lowest BCUT2D eigenvalue weighted by Crippen LogP contribution is -1.84. The molecule has 0 unspecified atom stereocenters. The van der Waals surface area contributed by atoms with Crippen LogP contribution in [0.5, 0.6) is 0 Å². The molecule has 0 bridgehead atoms. The number of hydrogen-bond donors (Lipinski definition) is 0. The molecule has 0 fully saturated rings. The molecular weight excluding hydrogens is 276 g/mol. The van der Waals surface area contributed by atoms with Crippen molar-refractivity contribution < 1.29 is 0 Å². The Labute approximate surface area is 134 Å². The molecule has 0 spiro atoms. The first kappa shape index (κ1) is 11.7. The fourth-order valence-electron chi connectivity index (χ4n) is 4.46. The van der Waals surface area contributed by atoms with E-state index in [4.69, 9.17) is 0 Å². The molecule has 0 saturated heterocycles. The van der Waals surface area contributed by atoms with Crippen LogP contribution in [-0.2, 0) is 6.42 Å². The third-order valence-electron chi connectivity index (χ3n) is 5.41. The third-order valence-corrected chi connectivity index (χ3v) is 5.41. The van der Waals surface area contributed by atoms with Gasteiger partial charge in [-0.25, -0.2) is 0 Å². The van der Waals surface area contributed by atoms with Crippen LogP contribution in [0.25, 0.3) is 43.1 Å². The van der Waals surface area contributed by atoms with Gasteiger partial charge in [0.25, 0.3) is 0 Å². The standard InChI is InChI=1S/C23H14/c1-3-7-18-15(6-1)12-17-13-21-19-8-4-2-5-14(19)11-16-9-10-20(18)23(17)22(16)21/h1-12H,13H2. The molecule has 0 heterocycles. The molecule has 1 aliphatic carbocycles. The van der Waals surface area contributed by atoms with Gasteiger partial charge in [-0.05, 0) is 66.7 Å². The molecule has 0 radical (unpaired) electrons. The lowest BCUT2D eigenvalue weighted by atomic mass is 9.95. The van der Waals surface area contributed by atoms with E-state index in [9.17, 15) is 0 Å². The molecule has 5 aromatic rings. The highest BCUT2D eigenvalue weighted by Gasteiger charge is 2.20. The van der Waals surface area contributed by atoms with Crippen LogP contribution in [0.15, 0.2) is 72.8 Å². The van der Waals surface area contributed by atoms with Gasteiger partial charge in [0.1, 0.15) is 0 Å². The van der Waals surface area contributed by atoms with Crippen molar-refractivity contribution in [1.29, 1.82) is 0 Å². The summed E-state index contributed by atoms with van der Waals surface area (Å²) in [6.45, 7) is 0. The van der Waals surface area contributed by atoms with E-state index >= 15 is 0 Å². The zero-order chi connectivity index (χ0) is 15.0. The summed E-state index contributed by atoms with van der Waals surface area (Å²) in [4.78, 5) is 0. The van der Waals surface area contributed by atoms with E-state index in [1.165, 1.54) is 54.2 Å². The maximum atomic E-state index is 2.39. The smallest absolute Gasteiger partial charge is 0.000661 e. The van der Waals surface area contributed by atoms with E-state index in [0.29, 0.717) is 0 Å². The summed E-state index contributed by atoms with van der Waals surface area (Å²) in [5.41, 5.74) is 2.99. The second kappa shape index (κ2) is 3.91. The van der Waals surface area contributed by atoms with E-state index < -0.39 is 0 Å². The van der Waals surface area contributed by atoms with Crippen molar-refractivity contribution in [3.63, 3.8) is 0 Å². The monoisotopic (exact) mass is 290 g/mol. The maximum Gasteiger partial charge on any atom is -0.000661 e. The van der Waals surface area contributed by atoms with Gasteiger partial charge in [-0.2, -0.15) is 0 Å². The number of rotatable bonds is 0. The Balaban J connectivity index is 1.94. The predicted molar refractivity (Wildman–Crippen MR) is 99.3 cm³/mol. The average molecular weight is 290 g/mol. The second-order valence-corrected chi connectivity index (χ2v) is 6.60. The molecule has 0 atom stereocenters. The average Bonchev–Trinajstić information content (AvgIpc) is 2.99. The van der Waals surface area contributed by atoms with Gasteiger partial charge >= 0.3 is 0 Å². The van der Waals surface area contributed by atoms with E-state index in [-0.39, 0.29) is 0 Å². The van der Waals surface area contributed by atoms with Crippen molar-refractivity contribution >= 4 is 43.1 Å². The molecule has 106 valence electrons. The highest BCUT2D eigenvalue weighted by Crippen LogP contribution is 2.44. The van der Waals surface area contributed by atoms with E-state index in [2.05, 4.69) is 72.8 Å². The zero-order valence-electron chi connectivity index (χ0n) is 12.6. The molecule has 0 aliphatic heterocycles. The number of fused-ring (bicyclic) bond motifs is 4. The molecule has 0 N–H and O–H groups in total. The Morgan fingerprint density at radius 3 is 2.13 bits per heavy atom. The highest BCUT2D eigenvalue weighted by molar-refractivity contribution is 6.24. The Kier molecular flexibility index (Phi) is 1.98. The zero-order valence-corrected chi connectivity index (χ0v) is 12.6. The topological polar surface area (TPSA) is 0 Å². The minimum atomic E-state index is 1.05. The van der Waals surface area contributed by atoms with Crippen LogP contribution < -0.4 is 0 Å². The molecule has 0 amide bonds. The minimum absolute atomic E-state index is 1.05. The maximum absolute atomic E-state index is 2.39. The molecule has 0 aromatic heterocycles. The molecule has 6 rings (SSSR count). The SMILES string of the molecule is c1ccc2c3c4c(ccc5c6ccccc6cc(c54)C3)cc2c1. The van der Waals surface area contributed by atoms with Crippen molar-refractivity contribution in [2.24, 2.45) is 0 Å².